The second-order valence-corrected chi connectivity index (χ2v) is 5.67. The van der Waals surface area contributed by atoms with Gasteiger partial charge in [-0.15, -0.1) is 0 Å². The first-order valence-corrected chi connectivity index (χ1v) is 8.03. The van der Waals surface area contributed by atoms with E-state index in [0.29, 0.717) is 16.9 Å². The number of nitrogens with zero attached hydrogens (tertiary/aromatic N) is 1. The number of nitrogens with two attached hydrogens (primary N) is 1. The smallest absolute Gasteiger partial charge is 0.341 e. The van der Waals surface area contributed by atoms with Gasteiger partial charge in [0, 0.05) is 11.1 Å². The summed E-state index contributed by atoms with van der Waals surface area (Å²) in [7, 11) is 0. The van der Waals surface area contributed by atoms with E-state index < -0.39 is 24.5 Å². The molecule has 0 fully saturated rings. The Morgan fingerprint density at radius 3 is 2.26 bits per heavy atom. The van der Waals surface area contributed by atoms with Crippen LogP contribution in [-0.4, -0.2) is 41.6 Å². The van der Waals surface area contributed by atoms with Crippen LogP contribution in [0.25, 0.3) is 0 Å². The van der Waals surface area contributed by atoms with Crippen molar-refractivity contribution in [1.82, 2.24) is 5.32 Å². The summed E-state index contributed by atoms with van der Waals surface area (Å²) in [5.41, 5.74) is 1.54. The largest absolute Gasteiger partial charge is 0.482 e. The Morgan fingerprint density at radius 1 is 1.11 bits per heavy atom. The van der Waals surface area contributed by atoms with E-state index in [1.807, 2.05) is 0 Å². The van der Waals surface area contributed by atoms with E-state index in [1.165, 1.54) is 30.5 Å². The van der Waals surface area contributed by atoms with Crippen LogP contribution in [0.5, 0.6) is 5.75 Å². The number of ketones is 1. The van der Waals surface area contributed by atoms with Crippen LogP contribution in [-0.2, 0) is 4.79 Å². The molecule has 0 spiro atoms. The molecule has 0 bridgehead atoms. The average molecular weight is 369 g/mol. The second kappa shape index (κ2) is 9.14. The lowest BCUT2D eigenvalue weighted by Crippen LogP contribution is -2.38. The van der Waals surface area contributed by atoms with E-state index in [4.69, 9.17) is 15.7 Å². The zero-order chi connectivity index (χ0) is 19.8. The highest BCUT2D eigenvalue weighted by Crippen LogP contribution is 2.13. The molecular formula is C19H19N3O5. The van der Waals surface area contributed by atoms with E-state index in [9.17, 15) is 14.4 Å². The molecule has 0 radical (unpaired) electrons. The molecule has 2 rings (SSSR count). The first kappa shape index (κ1) is 19.6. The average Bonchev–Trinajstić information content (AvgIpc) is 2.67. The Hall–Kier alpha value is -3.68. The molecule has 4 N–H and O–H groups in total. The summed E-state index contributed by atoms with van der Waals surface area (Å²) in [5, 5.41) is 14.6. The number of carboxylic acids is 1. The molecule has 8 nitrogen and oxygen atoms in total. The maximum absolute atomic E-state index is 12.4. The fourth-order valence-corrected chi connectivity index (χ4v) is 2.26. The lowest BCUT2D eigenvalue weighted by molar-refractivity contribution is -0.139. The fourth-order valence-electron chi connectivity index (χ4n) is 2.26. The third-order valence-electron chi connectivity index (χ3n) is 3.64. The number of hydrogen-bond acceptors (Lipinski definition) is 6. The topological polar surface area (TPSA) is 131 Å². The molecule has 0 unspecified atom stereocenters. The quantitative estimate of drug-likeness (QED) is 0.279. The first-order valence-electron chi connectivity index (χ1n) is 8.03. The van der Waals surface area contributed by atoms with Crippen LogP contribution in [0.4, 0.5) is 0 Å². The van der Waals surface area contributed by atoms with Crippen molar-refractivity contribution in [2.75, 3.05) is 6.61 Å². The summed E-state index contributed by atoms with van der Waals surface area (Å²) < 4.78 is 5.00. The third kappa shape index (κ3) is 5.67. The van der Waals surface area contributed by atoms with Crippen molar-refractivity contribution in [3.8, 4) is 5.75 Å². The van der Waals surface area contributed by atoms with E-state index in [1.54, 1.807) is 31.2 Å². The van der Waals surface area contributed by atoms with Gasteiger partial charge in [-0.1, -0.05) is 24.3 Å². The normalized spacial score (nSPS) is 11.7. The number of hydrazone groups is 1. The summed E-state index contributed by atoms with van der Waals surface area (Å²) in [6, 6.07) is 11.9. The number of ether oxygens (including phenoxy) is 1. The van der Waals surface area contributed by atoms with Crippen molar-refractivity contribution in [3.63, 3.8) is 0 Å². The van der Waals surface area contributed by atoms with Gasteiger partial charge in [0.2, 0.25) is 0 Å². The van der Waals surface area contributed by atoms with E-state index in [-0.39, 0.29) is 5.78 Å². The predicted molar refractivity (Wildman–Crippen MR) is 99.1 cm³/mol. The lowest BCUT2D eigenvalue weighted by atomic mass is 10.0. The van der Waals surface area contributed by atoms with Gasteiger partial charge >= 0.3 is 5.97 Å². The number of benzene rings is 2. The van der Waals surface area contributed by atoms with Crippen LogP contribution in [0.15, 0.2) is 53.6 Å². The van der Waals surface area contributed by atoms with Crippen LogP contribution in [0.3, 0.4) is 0 Å². The van der Waals surface area contributed by atoms with Crippen molar-refractivity contribution in [1.29, 1.82) is 0 Å². The van der Waals surface area contributed by atoms with Gasteiger partial charge in [0.25, 0.3) is 5.91 Å². The van der Waals surface area contributed by atoms with Gasteiger partial charge in [-0.25, -0.2) is 4.79 Å². The van der Waals surface area contributed by atoms with E-state index in [2.05, 4.69) is 10.4 Å². The van der Waals surface area contributed by atoms with E-state index >= 15 is 0 Å². The number of nitrogens with one attached hydrogen (secondary N) is 1. The summed E-state index contributed by atoms with van der Waals surface area (Å²) in [4.78, 5) is 35.2. The van der Waals surface area contributed by atoms with Crippen LogP contribution in [0.1, 0.15) is 33.2 Å². The SMILES string of the molecule is C[C@@H](NC(=O)c1ccc(OCC(=O)O)cc1)C(=O)c1ccc(C=NN)cc1. The molecule has 2 aromatic rings. The lowest BCUT2D eigenvalue weighted by Gasteiger charge is -2.13. The van der Waals surface area contributed by atoms with Crippen molar-refractivity contribution >= 4 is 23.9 Å². The summed E-state index contributed by atoms with van der Waals surface area (Å²) in [6.07, 6.45) is 1.46. The van der Waals surface area contributed by atoms with Gasteiger partial charge in [-0.05, 0) is 36.8 Å². The minimum absolute atomic E-state index is 0.235. The van der Waals surface area contributed by atoms with Crippen molar-refractivity contribution in [3.05, 3.63) is 65.2 Å². The molecule has 1 amide bonds. The minimum atomic E-state index is -1.09. The maximum Gasteiger partial charge on any atom is 0.341 e. The predicted octanol–water partition coefficient (Wildman–Crippen LogP) is 1.44. The molecule has 1 atom stereocenters. The van der Waals surface area contributed by atoms with Crippen LogP contribution < -0.4 is 15.9 Å². The zero-order valence-corrected chi connectivity index (χ0v) is 14.6. The summed E-state index contributed by atoms with van der Waals surface area (Å²) in [6.45, 7) is 1.13. The zero-order valence-electron chi connectivity index (χ0n) is 14.6. The van der Waals surface area contributed by atoms with Gasteiger partial charge < -0.3 is 21.0 Å². The first-order chi connectivity index (χ1) is 12.9. The van der Waals surface area contributed by atoms with Crippen molar-refractivity contribution in [2.24, 2.45) is 10.9 Å². The van der Waals surface area contributed by atoms with Crippen LogP contribution in [0.2, 0.25) is 0 Å². The molecular weight excluding hydrogens is 350 g/mol. The number of Topliss-reactive ketones (excluding diaryl/α,β-unsaturated/α-hetero) is 1. The van der Waals surface area contributed by atoms with Crippen molar-refractivity contribution < 1.29 is 24.2 Å². The molecule has 0 saturated heterocycles. The highest BCUT2D eigenvalue weighted by Gasteiger charge is 2.18. The molecule has 0 aliphatic rings. The minimum Gasteiger partial charge on any atom is -0.482 e. The Bertz CT molecular complexity index is 845. The van der Waals surface area contributed by atoms with Crippen LogP contribution >= 0.6 is 0 Å². The van der Waals surface area contributed by atoms with E-state index in [0.717, 1.165) is 5.56 Å². The highest BCUT2D eigenvalue weighted by atomic mass is 16.5. The molecule has 0 saturated carbocycles. The second-order valence-electron chi connectivity index (χ2n) is 5.67. The van der Waals surface area contributed by atoms with Crippen LogP contribution in [0, 0.1) is 0 Å². The van der Waals surface area contributed by atoms with Gasteiger partial charge in [-0.2, -0.15) is 5.10 Å². The summed E-state index contributed by atoms with van der Waals surface area (Å²) >= 11 is 0. The molecule has 27 heavy (non-hydrogen) atoms. The molecule has 0 aliphatic heterocycles. The number of amides is 1. The van der Waals surface area contributed by atoms with Gasteiger partial charge in [0.15, 0.2) is 12.4 Å². The molecule has 0 aliphatic carbocycles. The van der Waals surface area contributed by atoms with Gasteiger partial charge in [0.05, 0.1) is 12.3 Å². The molecule has 0 heterocycles. The Morgan fingerprint density at radius 2 is 1.70 bits per heavy atom. The Labute approximate surface area is 155 Å². The number of carbonyl (C=O) groups excluding carboxylic acids is 2. The van der Waals surface area contributed by atoms with Crippen molar-refractivity contribution in [2.45, 2.75) is 13.0 Å². The Kier molecular flexibility index (Phi) is 6.65. The number of hydrogen-bond donors (Lipinski definition) is 3. The number of carboxylic acid groups (broad SMARTS) is 1. The maximum atomic E-state index is 12.4. The number of carbonyl (C=O) groups is 3. The fraction of sp³-hybridized carbons (Fsp3) is 0.158. The number of rotatable bonds is 8. The number of aliphatic carboxylic acids is 1. The molecule has 0 aromatic heterocycles. The van der Waals surface area contributed by atoms with Gasteiger partial charge in [0.1, 0.15) is 5.75 Å². The summed E-state index contributed by atoms with van der Waals surface area (Å²) in [5.74, 6) is 3.66. The standard InChI is InChI=1S/C19H19N3O5/c1-12(18(25)14-4-2-13(3-5-14)10-21-20)22-19(26)15-6-8-16(9-7-15)27-11-17(23)24/h2-10,12H,11,20H2,1H3,(H,22,26)(H,23,24)/t12-/m1/s1. The molecule has 2 aromatic carbocycles. The third-order valence-corrected chi connectivity index (χ3v) is 3.64. The Balaban J connectivity index is 1.97. The molecule has 140 valence electrons. The monoisotopic (exact) mass is 369 g/mol. The highest BCUT2D eigenvalue weighted by molar-refractivity contribution is 6.04. The van der Waals surface area contributed by atoms with Gasteiger partial charge in [-0.3, -0.25) is 9.59 Å². The molecule has 8 heteroatoms.